The molecule has 3 aliphatic heterocycles. The second kappa shape index (κ2) is 13.8. The Morgan fingerprint density at radius 3 is 2.31 bits per heavy atom. The molecule has 2 amide bonds. The highest BCUT2D eigenvalue weighted by molar-refractivity contribution is 6.36. The third kappa shape index (κ3) is 8.45. The van der Waals surface area contributed by atoms with E-state index in [2.05, 4.69) is 20.1 Å². The number of benzene rings is 1. The van der Waals surface area contributed by atoms with Crippen molar-refractivity contribution in [2.75, 3.05) is 37.7 Å². The summed E-state index contributed by atoms with van der Waals surface area (Å²) in [7, 11) is 0. The molecule has 2 N–H and O–H groups in total. The monoisotopic (exact) mass is 671 g/mol. The molecule has 0 spiro atoms. The van der Waals surface area contributed by atoms with Crippen LogP contribution in [-0.4, -0.2) is 84.4 Å². The van der Waals surface area contributed by atoms with Crippen molar-refractivity contribution in [3.05, 3.63) is 46.1 Å². The SMILES string of the molecule is CC(C)(Oc1cc(OCCN2CCCC2)c(Cl)cc1Cl)C(=O)NC1CC2CCC(C1)N2c1ccc(C(=O)NCC(F)(F)F)cn1. The second-order valence-electron chi connectivity index (χ2n) is 12.4. The summed E-state index contributed by atoms with van der Waals surface area (Å²) in [6.45, 7) is 5.37. The van der Waals surface area contributed by atoms with Crippen LogP contribution >= 0.6 is 23.2 Å². The van der Waals surface area contributed by atoms with Gasteiger partial charge in [-0.2, -0.15) is 13.2 Å². The maximum Gasteiger partial charge on any atom is 0.405 e. The number of carbonyl (C=O) groups excluding carboxylic acids is 2. The summed E-state index contributed by atoms with van der Waals surface area (Å²) in [5, 5.41) is 5.65. The maximum atomic E-state index is 13.4. The minimum atomic E-state index is -4.49. The molecule has 1 aromatic heterocycles. The number of likely N-dealkylation sites (tertiary alicyclic amines) is 1. The number of ether oxygens (including phenoxy) is 2. The predicted molar refractivity (Wildman–Crippen MR) is 165 cm³/mol. The van der Waals surface area contributed by atoms with Crippen molar-refractivity contribution in [3.63, 3.8) is 0 Å². The van der Waals surface area contributed by atoms with Gasteiger partial charge in [-0.1, -0.05) is 23.2 Å². The lowest BCUT2D eigenvalue weighted by Gasteiger charge is -2.40. The van der Waals surface area contributed by atoms with Crippen LogP contribution in [0.1, 0.15) is 62.7 Å². The van der Waals surface area contributed by atoms with E-state index in [0.717, 1.165) is 32.5 Å². The lowest BCUT2D eigenvalue weighted by molar-refractivity contribution is -0.135. The molecular weight excluding hydrogens is 634 g/mol. The van der Waals surface area contributed by atoms with Gasteiger partial charge in [-0.05, 0) is 83.7 Å². The van der Waals surface area contributed by atoms with Crippen LogP contribution in [0.2, 0.25) is 10.0 Å². The van der Waals surface area contributed by atoms with Gasteiger partial charge in [0.1, 0.15) is 30.5 Å². The molecule has 0 saturated carbocycles. The number of carbonyl (C=O) groups is 2. The Balaban J connectivity index is 1.16. The zero-order valence-corrected chi connectivity index (χ0v) is 26.8. The van der Waals surface area contributed by atoms with Crippen molar-refractivity contribution in [3.8, 4) is 11.5 Å². The van der Waals surface area contributed by atoms with Crippen LogP contribution in [0.3, 0.4) is 0 Å². The van der Waals surface area contributed by atoms with E-state index in [9.17, 15) is 22.8 Å². The fourth-order valence-electron chi connectivity index (χ4n) is 6.30. The summed E-state index contributed by atoms with van der Waals surface area (Å²) < 4.78 is 49.4. The molecule has 0 aliphatic carbocycles. The molecule has 14 heteroatoms. The van der Waals surface area contributed by atoms with E-state index in [1.54, 1.807) is 32.0 Å². The van der Waals surface area contributed by atoms with Gasteiger partial charge in [0, 0.05) is 36.9 Å². The number of anilines is 1. The van der Waals surface area contributed by atoms with E-state index >= 15 is 0 Å². The first-order valence-corrected chi connectivity index (χ1v) is 16.0. The molecule has 3 fully saturated rings. The predicted octanol–water partition coefficient (Wildman–Crippen LogP) is 5.63. The lowest BCUT2D eigenvalue weighted by atomic mass is 9.96. The molecule has 2 atom stereocenters. The quantitative estimate of drug-likeness (QED) is 0.320. The van der Waals surface area contributed by atoms with E-state index in [0.29, 0.717) is 41.8 Å². The number of halogens is 5. The van der Waals surface area contributed by atoms with Crippen molar-refractivity contribution >= 4 is 40.8 Å². The van der Waals surface area contributed by atoms with Gasteiger partial charge in [0.25, 0.3) is 11.8 Å². The van der Waals surface area contributed by atoms with Gasteiger partial charge in [0.15, 0.2) is 5.60 Å². The van der Waals surface area contributed by atoms with E-state index in [1.807, 2.05) is 5.32 Å². The maximum absolute atomic E-state index is 13.4. The van der Waals surface area contributed by atoms with Crippen LogP contribution in [0.4, 0.5) is 19.0 Å². The Morgan fingerprint density at radius 1 is 1.02 bits per heavy atom. The van der Waals surface area contributed by atoms with Gasteiger partial charge in [0.05, 0.1) is 15.6 Å². The standard InChI is InChI=1S/C31H38Cl2F3N5O4/c1-30(2,45-26-16-25(23(32)15-24(26)33)44-12-11-40-9-3-4-10-40)29(43)39-20-13-21-6-7-22(14-20)41(21)27-8-5-19(17-37-27)28(42)38-18-31(34,35)36/h5,8,15-17,20-22H,3-4,6-7,9-14,18H2,1-2H3,(H,38,42)(H,39,43). The fourth-order valence-corrected chi connectivity index (χ4v) is 6.77. The molecular formula is C31H38Cl2F3N5O4. The van der Waals surface area contributed by atoms with Crippen molar-refractivity contribution < 1.29 is 32.2 Å². The van der Waals surface area contributed by atoms with Crippen molar-refractivity contribution in [2.24, 2.45) is 0 Å². The molecule has 9 nitrogen and oxygen atoms in total. The van der Waals surface area contributed by atoms with Gasteiger partial charge in [-0.3, -0.25) is 14.5 Å². The summed E-state index contributed by atoms with van der Waals surface area (Å²) in [6, 6.07) is 6.45. The zero-order chi connectivity index (χ0) is 32.4. The number of nitrogens with zero attached hydrogens (tertiary/aromatic N) is 3. The molecule has 2 bridgehead atoms. The van der Waals surface area contributed by atoms with Crippen LogP contribution < -0.4 is 25.0 Å². The molecule has 2 aromatic rings. The molecule has 3 saturated heterocycles. The smallest absolute Gasteiger partial charge is 0.405 e. The van der Waals surface area contributed by atoms with Gasteiger partial charge in [-0.25, -0.2) is 4.98 Å². The third-order valence-corrected chi connectivity index (χ3v) is 9.15. The number of alkyl halides is 3. The minimum Gasteiger partial charge on any atom is -0.491 e. The zero-order valence-electron chi connectivity index (χ0n) is 25.3. The Labute approximate surface area is 270 Å². The highest BCUT2D eigenvalue weighted by atomic mass is 35.5. The first-order valence-electron chi connectivity index (χ1n) is 15.2. The number of piperidine rings is 1. The molecule has 45 heavy (non-hydrogen) atoms. The third-order valence-electron chi connectivity index (χ3n) is 8.55. The Kier molecular flexibility index (Phi) is 10.2. The first-order chi connectivity index (χ1) is 21.3. The summed E-state index contributed by atoms with van der Waals surface area (Å²) in [5.74, 6) is 0.281. The Morgan fingerprint density at radius 2 is 1.69 bits per heavy atom. The lowest BCUT2D eigenvalue weighted by Crippen LogP contribution is -2.55. The largest absolute Gasteiger partial charge is 0.491 e. The normalized spacial score (nSPS) is 21.9. The van der Waals surface area contributed by atoms with Crippen LogP contribution in [0, 0.1) is 0 Å². The summed E-state index contributed by atoms with van der Waals surface area (Å²) in [4.78, 5) is 34.4. The number of hydrogen-bond donors (Lipinski definition) is 2. The highest BCUT2D eigenvalue weighted by Gasteiger charge is 2.43. The molecule has 5 rings (SSSR count). The topological polar surface area (TPSA) is 96.0 Å². The van der Waals surface area contributed by atoms with E-state index in [4.69, 9.17) is 32.7 Å². The number of rotatable bonds is 11. The number of pyridine rings is 1. The highest BCUT2D eigenvalue weighted by Crippen LogP contribution is 2.40. The molecule has 3 aliphatic rings. The van der Waals surface area contributed by atoms with Gasteiger partial charge >= 0.3 is 6.18 Å². The molecule has 4 heterocycles. The van der Waals surface area contributed by atoms with E-state index in [-0.39, 0.29) is 34.6 Å². The average molecular weight is 673 g/mol. The van der Waals surface area contributed by atoms with Crippen LogP contribution in [0.15, 0.2) is 30.5 Å². The van der Waals surface area contributed by atoms with Crippen LogP contribution in [0.5, 0.6) is 11.5 Å². The first kappa shape index (κ1) is 33.4. The number of amides is 2. The molecule has 1 aromatic carbocycles. The average Bonchev–Trinajstić information content (AvgIpc) is 3.59. The Hall–Kier alpha value is -2.96. The Bertz CT molecular complexity index is 1360. The van der Waals surface area contributed by atoms with Crippen LogP contribution in [-0.2, 0) is 4.79 Å². The number of fused-ring (bicyclic) bond motifs is 2. The van der Waals surface area contributed by atoms with E-state index < -0.39 is 24.2 Å². The van der Waals surface area contributed by atoms with Crippen LogP contribution in [0.25, 0.3) is 0 Å². The number of nitrogens with one attached hydrogen (secondary N) is 2. The number of hydrogen-bond acceptors (Lipinski definition) is 7. The van der Waals surface area contributed by atoms with Gasteiger partial charge < -0.3 is 25.0 Å². The van der Waals surface area contributed by atoms with Crippen molar-refractivity contribution in [1.82, 2.24) is 20.5 Å². The second-order valence-corrected chi connectivity index (χ2v) is 13.2. The summed E-state index contributed by atoms with van der Waals surface area (Å²) >= 11 is 12.8. The van der Waals surface area contributed by atoms with Crippen molar-refractivity contribution in [1.29, 1.82) is 0 Å². The number of aromatic nitrogens is 1. The minimum absolute atomic E-state index is 0.0567. The van der Waals surface area contributed by atoms with E-state index in [1.165, 1.54) is 25.1 Å². The van der Waals surface area contributed by atoms with Gasteiger partial charge in [0.2, 0.25) is 0 Å². The summed E-state index contributed by atoms with van der Waals surface area (Å²) in [5.41, 5.74) is -1.19. The summed E-state index contributed by atoms with van der Waals surface area (Å²) in [6.07, 6.45) is 2.39. The molecule has 2 unspecified atom stereocenters. The van der Waals surface area contributed by atoms with Crippen molar-refractivity contribution in [2.45, 2.75) is 82.3 Å². The van der Waals surface area contributed by atoms with Gasteiger partial charge in [-0.15, -0.1) is 0 Å². The molecule has 0 radical (unpaired) electrons. The fraction of sp³-hybridized carbons (Fsp3) is 0.581. The molecule has 246 valence electrons.